The molecule has 0 radical (unpaired) electrons. The van der Waals surface area contributed by atoms with Gasteiger partial charge in [-0.1, -0.05) is 18.2 Å². The maximum Gasteiger partial charge on any atom is 0.234 e. The number of carbonyl (C=O) groups excluding carboxylic acids is 1. The van der Waals surface area contributed by atoms with Crippen molar-refractivity contribution >= 4 is 28.9 Å². The molecule has 0 bridgehead atoms. The number of hydrogen-bond donors (Lipinski definition) is 2. The van der Waals surface area contributed by atoms with Gasteiger partial charge in [-0.15, -0.1) is 0 Å². The van der Waals surface area contributed by atoms with Gasteiger partial charge in [-0.05, 0) is 58.0 Å². The molecular weight excluding hydrogens is 332 g/mol. The van der Waals surface area contributed by atoms with E-state index in [4.69, 9.17) is 12.2 Å². The summed E-state index contributed by atoms with van der Waals surface area (Å²) in [6, 6.07) is 8.15. The van der Waals surface area contributed by atoms with Crippen molar-refractivity contribution in [2.24, 2.45) is 0 Å². The molecule has 2 rings (SSSR count). The first kappa shape index (κ1) is 19.7. The van der Waals surface area contributed by atoms with Crippen molar-refractivity contribution in [1.82, 2.24) is 15.1 Å². The summed E-state index contributed by atoms with van der Waals surface area (Å²) in [4.78, 5) is 16.5. The van der Waals surface area contributed by atoms with Crippen LogP contribution in [0.15, 0.2) is 24.3 Å². The Balaban J connectivity index is 1.85. The SMILES string of the molecule is Cc1ccccc1NC(=S)N1CCCN(CC(=O)NC(C)(C)C)CC1. The zero-order valence-corrected chi connectivity index (χ0v) is 16.6. The quantitative estimate of drug-likeness (QED) is 0.810. The summed E-state index contributed by atoms with van der Waals surface area (Å²) >= 11 is 5.59. The molecule has 1 aromatic carbocycles. The number of benzene rings is 1. The van der Waals surface area contributed by atoms with Crippen LogP contribution in [0.4, 0.5) is 5.69 Å². The fraction of sp³-hybridized carbons (Fsp3) is 0.579. The molecule has 6 heteroatoms. The van der Waals surface area contributed by atoms with Gasteiger partial charge in [0.25, 0.3) is 0 Å². The fourth-order valence-corrected chi connectivity index (χ4v) is 3.19. The Labute approximate surface area is 156 Å². The minimum Gasteiger partial charge on any atom is -0.350 e. The summed E-state index contributed by atoms with van der Waals surface area (Å²) in [5.74, 6) is 0.0848. The summed E-state index contributed by atoms with van der Waals surface area (Å²) < 4.78 is 0. The van der Waals surface area contributed by atoms with Crippen LogP contribution in [0.5, 0.6) is 0 Å². The zero-order valence-electron chi connectivity index (χ0n) is 15.8. The Morgan fingerprint density at radius 1 is 1.16 bits per heavy atom. The lowest BCUT2D eigenvalue weighted by molar-refractivity contribution is -0.123. The van der Waals surface area contributed by atoms with E-state index in [0.29, 0.717) is 6.54 Å². The summed E-state index contributed by atoms with van der Waals surface area (Å²) in [7, 11) is 0. The molecule has 0 aliphatic carbocycles. The third-order valence-corrected chi connectivity index (χ3v) is 4.50. The van der Waals surface area contributed by atoms with Crippen molar-refractivity contribution in [3.05, 3.63) is 29.8 Å². The average Bonchev–Trinajstić information content (AvgIpc) is 2.73. The third kappa shape index (κ3) is 6.63. The number of thiocarbonyl (C=S) groups is 1. The number of carbonyl (C=O) groups is 1. The maximum atomic E-state index is 12.1. The molecule has 5 nitrogen and oxygen atoms in total. The summed E-state index contributed by atoms with van der Waals surface area (Å²) in [5, 5.41) is 7.14. The monoisotopic (exact) mass is 362 g/mol. The Morgan fingerprint density at radius 3 is 2.56 bits per heavy atom. The van der Waals surface area contributed by atoms with E-state index >= 15 is 0 Å². The fourth-order valence-electron chi connectivity index (χ4n) is 2.90. The number of aryl methyl sites for hydroxylation is 1. The van der Waals surface area contributed by atoms with Gasteiger partial charge in [0.1, 0.15) is 0 Å². The lowest BCUT2D eigenvalue weighted by Crippen LogP contribution is -2.46. The molecule has 1 saturated heterocycles. The molecule has 1 aromatic rings. The maximum absolute atomic E-state index is 12.1. The van der Waals surface area contributed by atoms with Crippen molar-refractivity contribution in [2.75, 3.05) is 38.0 Å². The van der Waals surface area contributed by atoms with E-state index in [-0.39, 0.29) is 11.4 Å². The van der Waals surface area contributed by atoms with Crippen molar-refractivity contribution < 1.29 is 4.79 Å². The van der Waals surface area contributed by atoms with Gasteiger partial charge in [-0.3, -0.25) is 9.69 Å². The summed E-state index contributed by atoms with van der Waals surface area (Å²) in [6.07, 6.45) is 0.998. The second-order valence-electron chi connectivity index (χ2n) is 7.66. The van der Waals surface area contributed by atoms with Gasteiger partial charge in [0.15, 0.2) is 5.11 Å². The topological polar surface area (TPSA) is 47.6 Å². The Morgan fingerprint density at radius 2 is 1.88 bits per heavy atom. The summed E-state index contributed by atoms with van der Waals surface area (Å²) in [5.41, 5.74) is 2.05. The molecule has 0 atom stereocenters. The molecule has 1 aliphatic rings. The van der Waals surface area contributed by atoms with E-state index in [9.17, 15) is 4.79 Å². The average molecular weight is 363 g/mol. The predicted octanol–water partition coefficient (Wildman–Crippen LogP) is 2.61. The normalized spacial score (nSPS) is 16.2. The van der Waals surface area contributed by atoms with E-state index in [1.165, 1.54) is 5.56 Å². The first-order chi connectivity index (χ1) is 11.7. The highest BCUT2D eigenvalue weighted by Crippen LogP contribution is 2.15. The van der Waals surface area contributed by atoms with Gasteiger partial charge in [0.05, 0.1) is 6.54 Å². The lowest BCUT2D eigenvalue weighted by atomic mass is 10.1. The van der Waals surface area contributed by atoms with Gasteiger partial charge in [0.2, 0.25) is 5.91 Å². The lowest BCUT2D eigenvalue weighted by Gasteiger charge is -2.26. The second kappa shape index (κ2) is 8.63. The standard InChI is InChI=1S/C19H30N4OS/c1-15-8-5-6-9-16(15)20-18(25)23-11-7-10-22(12-13-23)14-17(24)21-19(2,3)4/h5-6,8-9H,7,10-14H2,1-4H3,(H,20,25)(H,21,24). The van der Waals surface area contributed by atoms with Gasteiger partial charge < -0.3 is 15.5 Å². The van der Waals surface area contributed by atoms with Crippen LogP contribution in [0.25, 0.3) is 0 Å². The third-order valence-electron chi connectivity index (χ3n) is 4.14. The number of rotatable bonds is 3. The van der Waals surface area contributed by atoms with Crippen molar-refractivity contribution in [3.8, 4) is 0 Å². The minimum atomic E-state index is -0.187. The molecular formula is C19H30N4OS. The van der Waals surface area contributed by atoms with Crippen molar-refractivity contribution in [3.63, 3.8) is 0 Å². The smallest absolute Gasteiger partial charge is 0.234 e. The number of anilines is 1. The highest BCUT2D eigenvalue weighted by Gasteiger charge is 2.21. The van der Waals surface area contributed by atoms with Crippen LogP contribution in [0.1, 0.15) is 32.8 Å². The first-order valence-corrected chi connectivity index (χ1v) is 9.30. The zero-order chi connectivity index (χ0) is 18.4. The molecule has 2 N–H and O–H groups in total. The Hall–Kier alpha value is -1.66. The molecule has 0 saturated carbocycles. The summed E-state index contributed by atoms with van der Waals surface area (Å²) in [6.45, 7) is 12.0. The second-order valence-corrected chi connectivity index (χ2v) is 8.05. The van der Waals surface area contributed by atoms with Crippen LogP contribution in [-0.2, 0) is 4.79 Å². The van der Waals surface area contributed by atoms with Crippen LogP contribution in [0, 0.1) is 6.92 Å². The van der Waals surface area contributed by atoms with E-state index in [1.54, 1.807) is 0 Å². The molecule has 0 spiro atoms. The Kier molecular flexibility index (Phi) is 6.79. The van der Waals surface area contributed by atoms with Gasteiger partial charge in [-0.2, -0.15) is 0 Å². The molecule has 1 heterocycles. The molecule has 1 amide bonds. The number of para-hydroxylation sites is 1. The molecule has 25 heavy (non-hydrogen) atoms. The first-order valence-electron chi connectivity index (χ1n) is 8.89. The van der Waals surface area contributed by atoms with Crippen LogP contribution in [0.3, 0.4) is 0 Å². The van der Waals surface area contributed by atoms with Crippen molar-refractivity contribution in [2.45, 2.75) is 39.7 Å². The van der Waals surface area contributed by atoms with Crippen LogP contribution >= 0.6 is 12.2 Å². The van der Waals surface area contributed by atoms with Gasteiger partial charge in [0, 0.05) is 37.4 Å². The Bertz CT molecular complexity index is 612. The highest BCUT2D eigenvalue weighted by atomic mass is 32.1. The van der Waals surface area contributed by atoms with Gasteiger partial charge in [-0.25, -0.2) is 0 Å². The number of nitrogens with one attached hydrogen (secondary N) is 2. The van der Waals surface area contributed by atoms with Crippen molar-refractivity contribution in [1.29, 1.82) is 0 Å². The van der Waals surface area contributed by atoms with Crippen LogP contribution in [-0.4, -0.2) is 59.1 Å². The number of nitrogens with zero attached hydrogens (tertiary/aromatic N) is 2. The highest BCUT2D eigenvalue weighted by molar-refractivity contribution is 7.80. The van der Waals surface area contributed by atoms with E-state index in [2.05, 4.69) is 33.4 Å². The molecule has 1 fully saturated rings. The van der Waals surface area contributed by atoms with Crippen LogP contribution < -0.4 is 10.6 Å². The van der Waals surface area contributed by atoms with E-state index in [0.717, 1.165) is 43.4 Å². The van der Waals surface area contributed by atoms with Crippen LogP contribution in [0.2, 0.25) is 0 Å². The molecule has 138 valence electrons. The van der Waals surface area contributed by atoms with E-state index in [1.807, 2.05) is 39.0 Å². The predicted molar refractivity (Wildman–Crippen MR) is 108 cm³/mol. The largest absolute Gasteiger partial charge is 0.350 e. The molecule has 0 aromatic heterocycles. The molecule has 1 aliphatic heterocycles. The number of amides is 1. The minimum absolute atomic E-state index is 0.0848. The molecule has 0 unspecified atom stereocenters. The number of hydrogen-bond acceptors (Lipinski definition) is 3. The van der Waals surface area contributed by atoms with Gasteiger partial charge >= 0.3 is 0 Å². The van der Waals surface area contributed by atoms with E-state index < -0.39 is 0 Å².